The maximum atomic E-state index is 15.3. The number of aliphatic hydroxyl groups is 2. The number of aliphatic hydroxyl groups excluding tert-OH is 1. The van der Waals surface area contributed by atoms with Crippen LogP contribution in [0.2, 0.25) is 0 Å². The minimum absolute atomic E-state index is 0.00257. The molecule has 65 heavy (non-hydrogen) atoms. The molecule has 3 rings (SSSR count). The predicted molar refractivity (Wildman–Crippen MR) is 238 cm³/mol. The second-order valence-corrected chi connectivity index (χ2v) is 17.7. The Bertz CT molecular complexity index is 2130. The summed E-state index contributed by atoms with van der Waals surface area (Å²) in [5.41, 5.74) is 12.0. The average molecular weight is 931 g/mol. The van der Waals surface area contributed by atoms with Crippen molar-refractivity contribution >= 4 is 53.2 Å². The molecule has 0 saturated carbocycles. The van der Waals surface area contributed by atoms with E-state index >= 15 is 4.39 Å². The van der Waals surface area contributed by atoms with Gasteiger partial charge in [-0.25, -0.2) is 8.78 Å². The molecule has 0 bridgehead atoms. The highest BCUT2D eigenvalue weighted by Gasteiger charge is 2.37. The number of primary amides is 1. The maximum Gasteiger partial charge on any atom is 0.305 e. The smallest absolute Gasteiger partial charge is 0.305 e. The summed E-state index contributed by atoms with van der Waals surface area (Å²) in [6, 6.07) is 8.54. The van der Waals surface area contributed by atoms with Crippen LogP contribution in [0.4, 0.5) is 8.78 Å². The second kappa shape index (κ2) is 25.0. The lowest BCUT2D eigenvalue weighted by atomic mass is 9.83. The summed E-state index contributed by atoms with van der Waals surface area (Å²) in [6.07, 6.45) is -1.79. The number of rotatable bonds is 25. The van der Waals surface area contributed by atoms with Gasteiger partial charge in [0.1, 0.15) is 23.7 Å². The lowest BCUT2D eigenvalue weighted by Gasteiger charge is -2.41. The van der Waals surface area contributed by atoms with E-state index in [4.69, 9.17) is 16.6 Å². The Kier molecular flexibility index (Phi) is 20.5. The van der Waals surface area contributed by atoms with Crippen LogP contribution in [0.25, 0.3) is 11.1 Å². The number of benzene rings is 2. The van der Waals surface area contributed by atoms with Gasteiger partial charge >= 0.3 is 5.97 Å². The number of carbonyl (C=O) groups is 7. The molecule has 1 aromatic heterocycles. The number of nitrogens with one attached hydrogen (secondary N) is 4. The SMILES string of the molecule is C[C@H](N)C(=O)N[C@H](C)C(=O)N[C@@H](CC(N)=O)C(=O)NCCCN(C(=O)CSCCC(=O)N[C@H](CC(=O)O)C(O)O)[C@@H](c1cc(-c2cc(F)ccc2F)cn1Cc1ccccc1)C(C)(C)C. The Morgan fingerprint density at radius 3 is 2.17 bits per heavy atom. The zero-order valence-electron chi connectivity index (χ0n) is 37.0. The summed E-state index contributed by atoms with van der Waals surface area (Å²) in [4.78, 5) is 90.0. The van der Waals surface area contributed by atoms with Crippen LogP contribution in [0, 0.1) is 17.0 Å². The summed E-state index contributed by atoms with van der Waals surface area (Å²) in [5, 5.41) is 37.8. The van der Waals surface area contributed by atoms with Gasteiger partial charge < -0.3 is 57.5 Å². The first kappa shape index (κ1) is 53.4. The summed E-state index contributed by atoms with van der Waals surface area (Å²) < 4.78 is 31.7. The molecular formula is C44H60F2N8O10S. The zero-order chi connectivity index (χ0) is 48.6. The molecule has 0 radical (unpaired) electrons. The van der Waals surface area contributed by atoms with E-state index in [-0.39, 0.29) is 49.5 Å². The molecule has 5 atom stereocenters. The fraction of sp³-hybridized carbons (Fsp3) is 0.477. The van der Waals surface area contributed by atoms with Crippen molar-refractivity contribution in [3.63, 3.8) is 0 Å². The van der Waals surface area contributed by atoms with Gasteiger partial charge in [0.15, 0.2) is 6.29 Å². The number of amides is 6. The summed E-state index contributed by atoms with van der Waals surface area (Å²) in [5.74, 6) is -6.87. The van der Waals surface area contributed by atoms with Crippen LogP contribution in [-0.4, -0.2) is 121 Å². The van der Waals surface area contributed by atoms with Gasteiger partial charge in [-0.15, -0.1) is 0 Å². The molecule has 21 heteroatoms. The molecule has 0 aliphatic heterocycles. The van der Waals surface area contributed by atoms with Crippen LogP contribution in [0.5, 0.6) is 0 Å². The third-order valence-electron chi connectivity index (χ3n) is 9.98. The standard InChI is InChI=1S/C44H60F2N8O10S/c1-25(47)40(60)50-26(2)41(61)52-32(20-35(48)55)42(62)49-15-9-16-54(37(57)24-65-17-14-36(56)51-33(43(63)64)21-38(58)59)39(44(3,4)5)34-18-28(30-19-29(45)12-13-31(30)46)23-53(34)22-27-10-7-6-8-11-27/h6-8,10-13,18-19,23,25-26,32-33,39,43,63-64H,9,14-17,20-22,24,47H2,1-5H3,(H2,48,55)(H,49,62)(H,50,60)(H,51,56)(H,52,61)(H,58,59)/t25-,26+,32-,33+,39-/m0/s1. The number of carboxylic acids is 1. The van der Waals surface area contributed by atoms with Crippen LogP contribution in [0.1, 0.15) is 77.6 Å². The number of nitrogens with zero attached hydrogens (tertiary/aromatic N) is 2. The van der Waals surface area contributed by atoms with E-state index in [9.17, 15) is 48.2 Å². The lowest BCUT2D eigenvalue weighted by molar-refractivity contribution is -0.143. The highest BCUT2D eigenvalue weighted by atomic mass is 32.2. The first-order valence-electron chi connectivity index (χ1n) is 20.8. The van der Waals surface area contributed by atoms with Gasteiger partial charge in [0.05, 0.1) is 36.7 Å². The lowest BCUT2D eigenvalue weighted by Crippen LogP contribution is -2.55. The number of hydrogen-bond donors (Lipinski definition) is 9. The van der Waals surface area contributed by atoms with Gasteiger partial charge in [-0.2, -0.15) is 11.8 Å². The molecule has 0 aliphatic carbocycles. The van der Waals surface area contributed by atoms with E-state index < -0.39 is 108 Å². The fourth-order valence-corrected chi connectivity index (χ4v) is 7.63. The largest absolute Gasteiger partial charge is 0.481 e. The summed E-state index contributed by atoms with van der Waals surface area (Å²) >= 11 is 1.09. The molecule has 0 unspecified atom stereocenters. The van der Waals surface area contributed by atoms with Crippen LogP contribution in [-0.2, 0) is 40.1 Å². The van der Waals surface area contributed by atoms with E-state index in [1.54, 1.807) is 17.2 Å². The van der Waals surface area contributed by atoms with Crippen LogP contribution >= 0.6 is 11.8 Å². The molecule has 0 aliphatic rings. The Morgan fingerprint density at radius 2 is 1.57 bits per heavy atom. The molecule has 18 nitrogen and oxygen atoms in total. The number of carboxylic acid groups (broad SMARTS) is 1. The molecule has 6 amide bonds. The van der Waals surface area contributed by atoms with Gasteiger partial charge in [-0.1, -0.05) is 51.1 Å². The highest BCUT2D eigenvalue weighted by Crippen LogP contribution is 2.41. The molecule has 356 valence electrons. The van der Waals surface area contributed by atoms with Crippen molar-refractivity contribution < 1.29 is 57.7 Å². The number of aromatic nitrogens is 1. The number of thioether (sulfide) groups is 1. The summed E-state index contributed by atoms with van der Waals surface area (Å²) in [6.45, 7) is 8.73. The van der Waals surface area contributed by atoms with Gasteiger partial charge in [-0.3, -0.25) is 33.6 Å². The van der Waals surface area contributed by atoms with Crippen LogP contribution < -0.4 is 32.7 Å². The van der Waals surface area contributed by atoms with Gasteiger partial charge in [0.2, 0.25) is 35.4 Å². The topological polar surface area (TPSA) is 289 Å². The van der Waals surface area contributed by atoms with Crippen LogP contribution in [0.15, 0.2) is 60.8 Å². The normalized spacial score (nSPS) is 13.8. The molecule has 3 aromatic rings. The third kappa shape index (κ3) is 17.2. The monoisotopic (exact) mass is 930 g/mol. The van der Waals surface area contributed by atoms with Crippen molar-refractivity contribution in [2.45, 2.75) is 103 Å². The molecule has 11 N–H and O–H groups in total. The quantitative estimate of drug-likeness (QED) is 0.0432. The van der Waals surface area contributed by atoms with Gasteiger partial charge in [-0.05, 0) is 55.5 Å². The number of hydrogen-bond acceptors (Lipinski definition) is 11. The molecule has 0 spiro atoms. The van der Waals surface area contributed by atoms with Crippen molar-refractivity contribution in [2.24, 2.45) is 16.9 Å². The Labute approximate surface area is 380 Å². The van der Waals surface area contributed by atoms with E-state index in [1.807, 2.05) is 55.7 Å². The Morgan fingerprint density at radius 1 is 0.892 bits per heavy atom. The minimum Gasteiger partial charge on any atom is -0.481 e. The van der Waals surface area contributed by atoms with E-state index in [1.165, 1.54) is 13.8 Å². The first-order chi connectivity index (χ1) is 30.5. The zero-order valence-corrected chi connectivity index (χ0v) is 37.8. The van der Waals surface area contributed by atoms with E-state index in [2.05, 4.69) is 21.3 Å². The molecule has 2 aromatic carbocycles. The van der Waals surface area contributed by atoms with Crippen molar-refractivity contribution in [2.75, 3.05) is 24.6 Å². The number of carbonyl (C=O) groups excluding carboxylic acids is 6. The predicted octanol–water partition coefficient (Wildman–Crippen LogP) is 1.51. The van der Waals surface area contributed by atoms with E-state index in [0.717, 1.165) is 35.5 Å². The highest BCUT2D eigenvalue weighted by molar-refractivity contribution is 7.99. The minimum atomic E-state index is -2.12. The van der Waals surface area contributed by atoms with Crippen molar-refractivity contribution in [3.8, 4) is 11.1 Å². The molecule has 0 fully saturated rings. The number of aliphatic carboxylic acids is 1. The maximum absolute atomic E-state index is 15.3. The Balaban J connectivity index is 1.96. The average Bonchev–Trinajstić information content (AvgIpc) is 3.62. The number of nitrogens with two attached hydrogens (primary N) is 2. The van der Waals surface area contributed by atoms with Gasteiger partial charge in [0.25, 0.3) is 0 Å². The second-order valence-electron chi connectivity index (χ2n) is 16.6. The first-order valence-corrected chi connectivity index (χ1v) is 22.0. The van der Waals surface area contributed by atoms with Crippen molar-refractivity contribution in [3.05, 3.63) is 83.7 Å². The van der Waals surface area contributed by atoms with E-state index in [0.29, 0.717) is 11.3 Å². The third-order valence-corrected chi connectivity index (χ3v) is 10.9. The van der Waals surface area contributed by atoms with Crippen molar-refractivity contribution in [1.82, 2.24) is 30.7 Å². The Hall–Kier alpha value is -5.90. The fourth-order valence-electron chi connectivity index (χ4n) is 6.82. The molecule has 0 saturated heterocycles. The molecule has 1 heterocycles. The molecular weight excluding hydrogens is 871 g/mol. The van der Waals surface area contributed by atoms with Crippen molar-refractivity contribution in [1.29, 1.82) is 0 Å². The van der Waals surface area contributed by atoms with Crippen LogP contribution in [0.3, 0.4) is 0 Å². The number of halogens is 2. The van der Waals surface area contributed by atoms with Gasteiger partial charge in [0, 0.05) is 54.8 Å². The summed E-state index contributed by atoms with van der Waals surface area (Å²) in [7, 11) is 0.